The Morgan fingerprint density at radius 3 is 2.40 bits per heavy atom. The number of aromatic nitrogens is 2. The first-order chi connectivity index (χ1) is 12.0. The molecule has 1 aromatic heterocycles. The summed E-state index contributed by atoms with van der Waals surface area (Å²) in [4.78, 5) is 24.0. The number of hydrogen-bond donors (Lipinski definition) is 1. The van der Waals surface area contributed by atoms with Crippen molar-refractivity contribution in [2.75, 3.05) is 43.4 Å². The molecule has 1 aliphatic rings. The maximum atomic E-state index is 13.8. The maximum absolute atomic E-state index is 13.8. The van der Waals surface area contributed by atoms with Crippen LogP contribution in [0.2, 0.25) is 5.15 Å². The summed E-state index contributed by atoms with van der Waals surface area (Å²) in [6.45, 7) is 1.56. The van der Waals surface area contributed by atoms with Gasteiger partial charge in [-0.05, 0) is 12.1 Å². The summed E-state index contributed by atoms with van der Waals surface area (Å²) in [5.41, 5.74) is 0.0843. The Morgan fingerprint density at radius 1 is 1.16 bits per heavy atom. The molecule has 0 bridgehead atoms. The monoisotopic (exact) mass is 367 g/mol. The van der Waals surface area contributed by atoms with Gasteiger partial charge in [-0.15, -0.1) is 0 Å². The Kier molecular flexibility index (Phi) is 4.98. The van der Waals surface area contributed by atoms with Crippen LogP contribution in [0.25, 0.3) is 0 Å². The molecule has 6 nitrogen and oxygen atoms in total. The van der Waals surface area contributed by atoms with Crippen molar-refractivity contribution in [2.24, 2.45) is 0 Å². The van der Waals surface area contributed by atoms with E-state index >= 15 is 0 Å². The number of rotatable bonds is 3. The fraction of sp³-hybridized carbons (Fsp3) is 0.312. The first kappa shape index (κ1) is 17.3. The predicted octanol–water partition coefficient (Wildman–Crippen LogP) is 2.41. The molecule has 0 unspecified atom stereocenters. The highest BCUT2D eigenvalue weighted by atomic mass is 35.5. The van der Waals surface area contributed by atoms with Crippen molar-refractivity contribution in [3.63, 3.8) is 0 Å². The number of nitrogens with one attached hydrogen (secondary N) is 1. The van der Waals surface area contributed by atoms with Crippen molar-refractivity contribution in [3.8, 4) is 0 Å². The summed E-state index contributed by atoms with van der Waals surface area (Å²) in [7, 11) is 1.72. The number of carbonyl (C=O) groups excluding carboxylic acids is 1. The lowest BCUT2D eigenvalue weighted by Gasteiger charge is -2.36. The molecule has 0 atom stereocenters. The normalized spacial score (nSPS) is 14.6. The van der Waals surface area contributed by atoms with E-state index in [0.717, 1.165) is 12.1 Å². The first-order valence-electron chi connectivity index (χ1n) is 7.69. The number of piperazine rings is 1. The minimum atomic E-state index is -0.854. The van der Waals surface area contributed by atoms with Gasteiger partial charge in [-0.3, -0.25) is 4.79 Å². The number of nitrogens with zero attached hydrogens (tertiary/aromatic N) is 4. The highest BCUT2D eigenvalue weighted by Crippen LogP contribution is 2.29. The maximum Gasteiger partial charge on any atom is 0.259 e. The van der Waals surface area contributed by atoms with Gasteiger partial charge in [0.05, 0.1) is 0 Å². The number of halogens is 3. The average Bonchev–Trinajstić information content (AvgIpc) is 2.61. The van der Waals surface area contributed by atoms with E-state index in [-0.39, 0.29) is 0 Å². The fourth-order valence-electron chi connectivity index (χ4n) is 2.79. The number of hydrogen-bond acceptors (Lipinski definition) is 5. The van der Waals surface area contributed by atoms with Gasteiger partial charge in [0.15, 0.2) is 11.0 Å². The van der Waals surface area contributed by atoms with E-state index in [2.05, 4.69) is 15.3 Å². The van der Waals surface area contributed by atoms with Crippen LogP contribution >= 0.6 is 11.6 Å². The SMILES string of the molecule is CNc1c(Cl)ncnc1N1CCN(C(=O)c2c(F)cccc2F)CC1. The summed E-state index contributed by atoms with van der Waals surface area (Å²) in [6, 6.07) is 3.39. The standard InChI is InChI=1S/C16H16ClF2N5O/c1-20-13-14(17)21-9-22-15(13)23-5-7-24(8-6-23)16(25)12-10(18)3-2-4-11(12)19/h2-4,9,20H,5-8H2,1H3. The summed E-state index contributed by atoms with van der Waals surface area (Å²) in [6.07, 6.45) is 1.37. The van der Waals surface area contributed by atoms with Gasteiger partial charge in [-0.2, -0.15) is 0 Å². The second kappa shape index (κ2) is 7.18. The third-order valence-corrected chi connectivity index (χ3v) is 4.36. The lowest BCUT2D eigenvalue weighted by atomic mass is 10.1. The van der Waals surface area contributed by atoms with Crippen LogP contribution in [-0.2, 0) is 0 Å². The van der Waals surface area contributed by atoms with Crippen LogP contribution in [0.3, 0.4) is 0 Å². The molecule has 9 heteroatoms. The van der Waals surface area contributed by atoms with E-state index in [4.69, 9.17) is 11.6 Å². The molecule has 3 rings (SSSR count). The highest BCUT2D eigenvalue weighted by molar-refractivity contribution is 6.32. The Bertz CT molecular complexity index is 776. The van der Waals surface area contributed by atoms with Crippen LogP contribution in [0.5, 0.6) is 0 Å². The molecule has 1 N–H and O–H groups in total. The smallest absolute Gasteiger partial charge is 0.259 e. The summed E-state index contributed by atoms with van der Waals surface area (Å²) in [5.74, 6) is -1.73. The molecule has 1 amide bonds. The van der Waals surface area contributed by atoms with E-state index < -0.39 is 23.1 Å². The van der Waals surface area contributed by atoms with Crippen molar-refractivity contribution in [2.45, 2.75) is 0 Å². The van der Waals surface area contributed by atoms with E-state index in [1.54, 1.807) is 7.05 Å². The number of amides is 1. The van der Waals surface area contributed by atoms with Gasteiger partial charge >= 0.3 is 0 Å². The van der Waals surface area contributed by atoms with Crippen LogP contribution in [0.4, 0.5) is 20.3 Å². The topological polar surface area (TPSA) is 61.4 Å². The van der Waals surface area contributed by atoms with Crippen molar-refractivity contribution in [3.05, 3.63) is 46.9 Å². The largest absolute Gasteiger partial charge is 0.383 e. The molecule has 0 aliphatic carbocycles. The van der Waals surface area contributed by atoms with E-state index in [1.165, 1.54) is 17.3 Å². The Labute approximate surface area is 148 Å². The van der Waals surface area contributed by atoms with E-state index in [0.29, 0.717) is 42.8 Å². The van der Waals surface area contributed by atoms with Crippen LogP contribution in [0.1, 0.15) is 10.4 Å². The van der Waals surface area contributed by atoms with Gasteiger partial charge in [0.25, 0.3) is 5.91 Å². The van der Waals surface area contributed by atoms with Gasteiger partial charge in [-0.25, -0.2) is 18.7 Å². The molecule has 0 saturated carbocycles. The predicted molar refractivity (Wildman–Crippen MR) is 91.1 cm³/mol. The van der Waals surface area contributed by atoms with E-state index in [1.807, 2.05) is 4.90 Å². The zero-order valence-electron chi connectivity index (χ0n) is 13.5. The Hall–Kier alpha value is -2.48. The van der Waals surface area contributed by atoms with Crippen molar-refractivity contribution in [1.82, 2.24) is 14.9 Å². The molecule has 0 radical (unpaired) electrons. The number of carbonyl (C=O) groups is 1. The van der Waals surface area contributed by atoms with Crippen LogP contribution in [0, 0.1) is 11.6 Å². The van der Waals surface area contributed by atoms with E-state index in [9.17, 15) is 13.6 Å². The van der Waals surface area contributed by atoms with Crippen molar-refractivity contribution in [1.29, 1.82) is 0 Å². The zero-order valence-corrected chi connectivity index (χ0v) is 14.2. The molecular formula is C16H16ClF2N5O. The summed E-state index contributed by atoms with van der Waals surface area (Å²) < 4.78 is 27.6. The molecule has 1 saturated heterocycles. The van der Waals surface area contributed by atoms with Crippen molar-refractivity contribution >= 4 is 29.0 Å². The molecule has 132 valence electrons. The number of anilines is 2. The second-order valence-corrected chi connectivity index (χ2v) is 5.85. The zero-order chi connectivity index (χ0) is 18.0. The Balaban J connectivity index is 1.74. The molecule has 0 spiro atoms. The van der Waals surface area contributed by atoms with Crippen LogP contribution < -0.4 is 10.2 Å². The average molecular weight is 368 g/mol. The van der Waals surface area contributed by atoms with Gasteiger partial charge in [0.1, 0.15) is 29.2 Å². The molecule has 1 fully saturated rings. The quantitative estimate of drug-likeness (QED) is 0.844. The lowest BCUT2D eigenvalue weighted by molar-refractivity contribution is 0.0736. The van der Waals surface area contributed by atoms with Gasteiger partial charge in [0.2, 0.25) is 0 Å². The Morgan fingerprint density at radius 2 is 1.80 bits per heavy atom. The highest BCUT2D eigenvalue weighted by Gasteiger charge is 2.28. The summed E-state index contributed by atoms with van der Waals surface area (Å²) >= 11 is 6.05. The molecule has 1 aliphatic heterocycles. The van der Waals surface area contributed by atoms with Crippen LogP contribution in [-0.4, -0.2) is 54.0 Å². The molecule has 2 heterocycles. The van der Waals surface area contributed by atoms with Crippen molar-refractivity contribution < 1.29 is 13.6 Å². The van der Waals surface area contributed by atoms with Gasteiger partial charge in [0, 0.05) is 33.2 Å². The summed E-state index contributed by atoms with van der Waals surface area (Å²) in [5, 5.41) is 3.26. The second-order valence-electron chi connectivity index (χ2n) is 5.49. The van der Waals surface area contributed by atoms with Gasteiger partial charge < -0.3 is 15.1 Å². The third kappa shape index (κ3) is 3.34. The number of benzene rings is 1. The lowest BCUT2D eigenvalue weighted by Crippen LogP contribution is -2.49. The van der Waals surface area contributed by atoms with Gasteiger partial charge in [-0.1, -0.05) is 17.7 Å². The fourth-order valence-corrected chi connectivity index (χ4v) is 3.01. The first-order valence-corrected chi connectivity index (χ1v) is 8.07. The molecule has 2 aromatic rings. The molecular weight excluding hydrogens is 352 g/mol. The molecule has 25 heavy (non-hydrogen) atoms. The minimum absolute atomic E-state index is 0.305. The van der Waals surface area contributed by atoms with Crippen LogP contribution in [0.15, 0.2) is 24.5 Å². The minimum Gasteiger partial charge on any atom is -0.383 e. The third-order valence-electron chi connectivity index (χ3n) is 4.07. The molecule has 1 aromatic carbocycles.